The summed E-state index contributed by atoms with van der Waals surface area (Å²) >= 11 is 0. The van der Waals surface area contributed by atoms with Crippen LogP contribution in [0.3, 0.4) is 0 Å². The molecule has 0 aliphatic carbocycles. The highest BCUT2D eigenvalue weighted by Gasteiger charge is 2.18. The third-order valence-corrected chi connectivity index (χ3v) is 3.32. The minimum absolute atomic E-state index is 0.244. The van der Waals surface area contributed by atoms with Crippen LogP contribution in [0, 0.1) is 13.5 Å². The molecule has 0 spiro atoms. The first-order chi connectivity index (χ1) is 9.15. The predicted octanol–water partition coefficient (Wildman–Crippen LogP) is 2.86. The van der Waals surface area contributed by atoms with E-state index in [0.717, 1.165) is 23.4 Å². The second-order valence-corrected chi connectivity index (χ2v) is 4.50. The van der Waals surface area contributed by atoms with Gasteiger partial charge in [0.1, 0.15) is 0 Å². The molecule has 0 atom stereocenters. The van der Waals surface area contributed by atoms with Gasteiger partial charge in [0.05, 0.1) is 13.7 Å². The molecule has 2 rings (SSSR count). The summed E-state index contributed by atoms with van der Waals surface area (Å²) in [5.74, 6) is -0.244. The number of carbonyl (C=O) groups is 1. The van der Waals surface area contributed by atoms with Gasteiger partial charge in [0, 0.05) is 24.4 Å². The van der Waals surface area contributed by atoms with E-state index in [2.05, 4.69) is 9.74 Å². The Bertz CT molecular complexity index is 570. The lowest BCUT2D eigenvalue weighted by Gasteiger charge is -2.29. The maximum atomic E-state index is 11.4. The lowest BCUT2D eigenvalue weighted by atomic mass is 10.1. The molecule has 1 heterocycles. The van der Waals surface area contributed by atoms with Crippen LogP contribution in [0.2, 0.25) is 0 Å². The van der Waals surface area contributed by atoms with Crippen molar-refractivity contribution in [1.29, 1.82) is 0 Å². The van der Waals surface area contributed by atoms with Gasteiger partial charge in [-0.25, -0.2) is 9.64 Å². The van der Waals surface area contributed by atoms with Crippen molar-refractivity contribution >= 4 is 17.3 Å². The van der Waals surface area contributed by atoms with Crippen molar-refractivity contribution in [3.8, 4) is 0 Å². The second-order valence-electron chi connectivity index (χ2n) is 4.50. The van der Waals surface area contributed by atoms with Crippen molar-refractivity contribution in [3.63, 3.8) is 0 Å². The van der Waals surface area contributed by atoms with Gasteiger partial charge in [-0.1, -0.05) is 18.2 Å². The number of aryl methyl sites for hydroxylation is 1. The maximum Gasteiger partial charge on any atom is 0.333 e. The molecular formula is C15H16N2O2. The molecule has 98 valence electrons. The number of hydrogen-bond acceptors (Lipinski definition) is 3. The standard InChI is InChI=1S/C15H16N2O2/c1-11-4-5-13(16-2)10-14(11)17-8-6-12(7-9-17)15(18)19-3/h4-6,10H,7-9H2,1,3H3. The summed E-state index contributed by atoms with van der Waals surface area (Å²) < 4.78 is 4.73. The molecule has 1 aromatic carbocycles. The number of benzene rings is 1. The van der Waals surface area contributed by atoms with Crippen LogP contribution in [-0.4, -0.2) is 26.2 Å². The minimum atomic E-state index is -0.244. The van der Waals surface area contributed by atoms with Crippen LogP contribution in [0.15, 0.2) is 29.8 Å². The van der Waals surface area contributed by atoms with Gasteiger partial charge in [-0.05, 0) is 25.0 Å². The molecule has 0 amide bonds. The summed E-state index contributed by atoms with van der Waals surface area (Å²) in [6.07, 6.45) is 2.58. The van der Waals surface area contributed by atoms with E-state index in [1.165, 1.54) is 7.11 Å². The monoisotopic (exact) mass is 256 g/mol. The molecular weight excluding hydrogens is 240 g/mol. The van der Waals surface area contributed by atoms with Gasteiger partial charge in [-0.15, -0.1) is 0 Å². The van der Waals surface area contributed by atoms with Gasteiger partial charge in [0.2, 0.25) is 0 Å². The molecule has 0 aromatic heterocycles. The summed E-state index contributed by atoms with van der Waals surface area (Å²) in [4.78, 5) is 17.1. The first kappa shape index (κ1) is 13.2. The number of nitrogens with zero attached hydrogens (tertiary/aromatic N) is 2. The fraction of sp³-hybridized carbons (Fsp3) is 0.333. The van der Waals surface area contributed by atoms with Crippen LogP contribution in [0.4, 0.5) is 11.4 Å². The Labute approximate surface area is 113 Å². The number of hydrogen-bond donors (Lipinski definition) is 0. The predicted molar refractivity (Wildman–Crippen MR) is 74.4 cm³/mol. The van der Waals surface area contributed by atoms with Crippen LogP contribution in [0.25, 0.3) is 4.85 Å². The molecule has 4 heteroatoms. The normalized spacial score (nSPS) is 14.6. The van der Waals surface area contributed by atoms with Crippen LogP contribution in [-0.2, 0) is 9.53 Å². The molecule has 1 aromatic rings. The number of anilines is 1. The van der Waals surface area contributed by atoms with Crippen molar-refractivity contribution in [2.75, 3.05) is 25.1 Å². The van der Waals surface area contributed by atoms with E-state index in [1.807, 2.05) is 31.2 Å². The molecule has 0 N–H and O–H groups in total. The summed E-state index contributed by atoms with van der Waals surface area (Å²) in [7, 11) is 1.40. The van der Waals surface area contributed by atoms with E-state index in [4.69, 9.17) is 11.3 Å². The SMILES string of the molecule is [C-]#[N+]c1ccc(C)c(N2CC=C(C(=O)OC)CC2)c1. The lowest BCUT2D eigenvalue weighted by Crippen LogP contribution is -2.30. The Balaban J connectivity index is 2.20. The zero-order chi connectivity index (χ0) is 13.8. The van der Waals surface area contributed by atoms with E-state index in [9.17, 15) is 4.79 Å². The average molecular weight is 256 g/mol. The van der Waals surface area contributed by atoms with E-state index in [1.54, 1.807) is 0 Å². The van der Waals surface area contributed by atoms with Crippen LogP contribution in [0.1, 0.15) is 12.0 Å². The van der Waals surface area contributed by atoms with E-state index >= 15 is 0 Å². The molecule has 0 saturated heterocycles. The number of rotatable bonds is 2. The minimum Gasteiger partial charge on any atom is -0.466 e. The number of methoxy groups -OCH3 is 1. The van der Waals surface area contributed by atoms with Gasteiger partial charge in [-0.3, -0.25) is 0 Å². The Kier molecular flexibility index (Phi) is 3.86. The fourth-order valence-electron chi connectivity index (χ4n) is 2.21. The Morgan fingerprint density at radius 2 is 2.26 bits per heavy atom. The second kappa shape index (κ2) is 5.57. The van der Waals surface area contributed by atoms with Crippen molar-refractivity contribution < 1.29 is 9.53 Å². The van der Waals surface area contributed by atoms with E-state index in [0.29, 0.717) is 18.7 Å². The zero-order valence-electron chi connectivity index (χ0n) is 11.1. The highest BCUT2D eigenvalue weighted by atomic mass is 16.5. The summed E-state index contributed by atoms with van der Waals surface area (Å²) in [6, 6.07) is 5.69. The zero-order valence-corrected chi connectivity index (χ0v) is 11.1. The largest absolute Gasteiger partial charge is 0.466 e. The van der Waals surface area contributed by atoms with Crippen molar-refractivity contribution in [2.24, 2.45) is 0 Å². The van der Waals surface area contributed by atoms with Crippen LogP contribution in [0.5, 0.6) is 0 Å². The molecule has 0 unspecified atom stereocenters. The van der Waals surface area contributed by atoms with Gasteiger partial charge in [-0.2, -0.15) is 0 Å². The topological polar surface area (TPSA) is 33.9 Å². The summed E-state index contributed by atoms with van der Waals surface area (Å²) in [5, 5.41) is 0. The van der Waals surface area contributed by atoms with Crippen molar-refractivity contribution in [2.45, 2.75) is 13.3 Å². The number of esters is 1. The maximum absolute atomic E-state index is 11.4. The third kappa shape index (κ3) is 2.76. The highest BCUT2D eigenvalue weighted by Crippen LogP contribution is 2.28. The lowest BCUT2D eigenvalue weighted by molar-refractivity contribution is -0.136. The molecule has 19 heavy (non-hydrogen) atoms. The average Bonchev–Trinajstić information content (AvgIpc) is 2.47. The first-order valence-corrected chi connectivity index (χ1v) is 6.16. The number of ether oxygens (including phenoxy) is 1. The molecule has 0 saturated carbocycles. The van der Waals surface area contributed by atoms with Gasteiger partial charge in [0.15, 0.2) is 5.69 Å². The van der Waals surface area contributed by atoms with Gasteiger partial charge in [0.25, 0.3) is 0 Å². The molecule has 1 aliphatic rings. The Hall–Kier alpha value is -2.28. The van der Waals surface area contributed by atoms with Gasteiger partial charge >= 0.3 is 5.97 Å². The number of carbonyl (C=O) groups excluding carboxylic acids is 1. The quantitative estimate of drug-likeness (QED) is 0.602. The molecule has 0 fully saturated rings. The Morgan fingerprint density at radius 1 is 1.47 bits per heavy atom. The molecule has 4 nitrogen and oxygen atoms in total. The van der Waals surface area contributed by atoms with Crippen LogP contribution >= 0.6 is 0 Å². The molecule has 0 bridgehead atoms. The highest BCUT2D eigenvalue weighted by molar-refractivity contribution is 5.89. The third-order valence-electron chi connectivity index (χ3n) is 3.32. The van der Waals surface area contributed by atoms with E-state index in [-0.39, 0.29) is 5.97 Å². The fourth-order valence-corrected chi connectivity index (χ4v) is 2.21. The molecule has 0 radical (unpaired) electrons. The Morgan fingerprint density at radius 3 is 2.84 bits per heavy atom. The van der Waals surface area contributed by atoms with Crippen molar-refractivity contribution in [1.82, 2.24) is 0 Å². The van der Waals surface area contributed by atoms with Crippen molar-refractivity contribution in [3.05, 3.63) is 46.8 Å². The smallest absolute Gasteiger partial charge is 0.333 e. The van der Waals surface area contributed by atoms with E-state index < -0.39 is 0 Å². The van der Waals surface area contributed by atoms with Gasteiger partial charge < -0.3 is 9.64 Å². The summed E-state index contributed by atoms with van der Waals surface area (Å²) in [6.45, 7) is 10.5. The molecule has 1 aliphatic heterocycles. The first-order valence-electron chi connectivity index (χ1n) is 6.16. The summed E-state index contributed by atoms with van der Waals surface area (Å²) in [5.41, 5.74) is 3.58. The van der Waals surface area contributed by atoms with Crippen LogP contribution < -0.4 is 4.90 Å².